The second-order valence-electron chi connectivity index (χ2n) is 7.78. The molecule has 34 heavy (non-hydrogen) atoms. The van der Waals surface area contributed by atoms with E-state index in [2.05, 4.69) is 15.4 Å². The van der Waals surface area contributed by atoms with Gasteiger partial charge in [-0.1, -0.05) is 30.3 Å². The summed E-state index contributed by atoms with van der Waals surface area (Å²) in [7, 11) is -4.05. The average Bonchev–Trinajstić information content (AvgIpc) is 2.84. The minimum Gasteiger partial charge on any atom is -0.494 e. The Labute approximate surface area is 198 Å². The number of benzene rings is 3. The molecule has 3 N–H and O–H groups in total. The van der Waals surface area contributed by atoms with E-state index in [1.807, 2.05) is 6.92 Å². The van der Waals surface area contributed by atoms with Crippen LogP contribution in [0.3, 0.4) is 0 Å². The molecule has 176 valence electrons. The highest BCUT2D eigenvalue weighted by atomic mass is 32.2. The highest BCUT2D eigenvalue weighted by Gasteiger charge is 2.28. The largest absolute Gasteiger partial charge is 0.494 e. The molecule has 0 aliphatic carbocycles. The first-order valence-electron chi connectivity index (χ1n) is 10.9. The average molecular weight is 480 g/mol. The lowest BCUT2D eigenvalue weighted by Crippen LogP contribution is -2.37. The van der Waals surface area contributed by atoms with Crippen LogP contribution in [0.5, 0.6) is 5.75 Å². The van der Waals surface area contributed by atoms with E-state index < -0.39 is 22.0 Å². The van der Waals surface area contributed by atoms with Gasteiger partial charge in [-0.05, 0) is 66.9 Å². The molecule has 0 spiro atoms. The van der Waals surface area contributed by atoms with Crippen molar-refractivity contribution in [3.8, 4) is 5.75 Å². The molecule has 2 amide bonds. The minimum absolute atomic E-state index is 0.0252. The molecular weight excluding hydrogens is 454 g/mol. The van der Waals surface area contributed by atoms with Crippen LogP contribution in [0.4, 0.5) is 11.4 Å². The maximum Gasteiger partial charge on any atom is 0.247 e. The molecule has 3 aromatic rings. The van der Waals surface area contributed by atoms with Gasteiger partial charge in [-0.3, -0.25) is 9.59 Å². The smallest absolute Gasteiger partial charge is 0.247 e. The summed E-state index contributed by atoms with van der Waals surface area (Å²) in [5, 5.41) is 5.51. The van der Waals surface area contributed by atoms with E-state index in [9.17, 15) is 18.0 Å². The summed E-state index contributed by atoms with van der Waals surface area (Å²) in [5.74, 6) is 0.0462. The fraction of sp³-hybridized carbons (Fsp3) is 0.200. The first-order chi connectivity index (χ1) is 16.4. The van der Waals surface area contributed by atoms with Crippen molar-refractivity contribution < 1.29 is 22.7 Å². The summed E-state index contributed by atoms with van der Waals surface area (Å²) in [6.45, 7) is 2.41. The van der Waals surface area contributed by atoms with Gasteiger partial charge in [0.15, 0.2) is 0 Å². The van der Waals surface area contributed by atoms with Crippen molar-refractivity contribution in [3.05, 3.63) is 83.9 Å². The molecule has 0 fully saturated rings. The van der Waals surface area contributed by atoms with Crippen molar-refractivity contribution in [2.45, 2.75) is 30.7 Å². The number of hydrogen-bond donors (Lipinski definition) is 3. The van der Waals surface area contributed by atoms with E-state index in [-0.39, 0.29) is 10.8 Å². The first-order valence-corrected chi connectivity index (χ1v) is 12.4. The van der Waals surface area contributed by atoms with Gasteiger partial charge in [-0.25, -0.2) is 8.42 Å². The molecule has 0 radical (unpaired) electrons. The van der Waals surface area contributed by atoms with Crippen LogP contribution in [0.25, 0.3) is 0 Å². The Bertz CT molecular complexity index is 1290. The number of sulfonamides is 1. The Morgan fingerprint density at radius 2 is 1.76 bits per heavy atom. The summed E-state index contributed by atoms with van der Waals surface area (Å²) >= 11 is 0. The van der Waals surface area contributed by atoms with E-state index in [1.54, 1.807) is 60.7 Å². The van der Waals surface area contributed by atoms with E-state index in [0.717, 1.165) is 5.56 Å². The molecule has 0 saturated heterocycles. The Morgan fingerprint density at radius 1 is 1.03 bits per heavy atom. The third-order valence-corrected chi connectivity index (χ3v) is 6.80. The zero-order chi connectivity index (χ0) is 24.1. The second-order valence-corrected chi connectivity index (χ2v) is 9.49. The van der Waals surface area contributed by atoms with Crippen molar-refractivity contribution in [1.82, 2.24) is 4.72 Å². The van der Waals surface area contributed by atoms with Crippen LogP contribution in [0.15, 0.2) is 77.7 Å². The number of amides is 2. The van der Waals surface area contributed by atoms with Gasteiger partial charge >= 0.3 is 0 Å². The van der Waals surface area contributed by atoms with Gasteiger partial charge in [0.1, 0.15) is 11.8 Å². The number of rotatable bonds is 8. The number of fused-ring (bicyclic) bond motifs is 1. The minimum atomic E-state index is -4.05. The highest BCUT2D eigenvalue weighted by molar-refractivity contribution is 7.89. The Kier molecular flexibility index (Phi) is 6.95. The summed E-state index contributed by atoms with van der Waals surface area (Å²) in [5.41, 5.74) is 2.35. The predicted molar refractivity (Wildman–Crippen MR) is 129 cm³/mol. The monoisotopic (exact) mass is 479 g/mol. The molecule has 1 heterocycles. The molecule has 4 rings (SSSR count). The van der Waals surface area contributed by atoms with Crippen molar-refractivity contribution in [1.29, 1.82) is 0 Å². The first kappa shape index (κ1) is 23.5. The number of nitrogens with one attached hydrogen (secondary N) is 3. The highest BCUT2D eigenvalue weighted by Crippen LogP contribution is 2.27. The van der Waals surface area contributed by atoms with Gasteiger partial charge in [-0.2, -0.15) is 4.72 Å². The van der Waals surface area contributed by atoms with Crippen molar-refractivity contribution in [3.63, 3.8) is 0 Å². The Hall–Kier alpha value is -3.69. The van der Waals surface area contributed by atoms with E-state index in [4.69, 9.17) is 4.74 Å². The molecule has 1 atom stereocenters. The van der Waals surface area contributed by atoms with Gasteiger partial charge in [0.05, 0.1) is 11.5 Å². The van der Waals surface area contributed by atoms with Crippen LogP contribution in [-0.4, -0.2) is 26.8 Å². The number of hydrogen-bond acceptors (Lipinski definition) is 5. The maximum atomic E-state index is 13.2. The third-order valence-electron chi connectivity index (χ3n) is 5.38. The van der Waals surface area contributed by atoms with Gasteiger partial charge in [0.2, 0.25) is 21.8 Å². The summed E-state index contributed by atoms with van der Waals surface area (Å²) in [6, 6.07) is 18.8. The van der Waals surface area contributed by atoms with Crippen molar-refractivity contribution in [2.24, 2.45) is 0 Å². The van der Waals surface area contributed by atoms with Crippen molar-refractivity contribution >= 4 is 33.2 Å². The van der Waals surface area contributed by atoms with Crippen LogP contribution in [0, 0.1) is 0 Å². The van der Waals surface area contributed by atoms with Crippen LogP contribution in [0.2, 0.25) is 0 Å². The van der Waals surface area contributed by atoms with Crippen molar-refractivity contribution in [2.75, 3.05) is 17.2 Å². The van der Waals surface area contributed by atoms with Crippen LogP contribution >= 0.6 is 0 Å². The van der Waals surface area contributed by atoms with Crippen LogP contribution < -0.4 is 20.1 Å². The SMILES string of the molecule is CCOc1ccc(NC(=O)[C@@H](NS(=O)(=O)c2ccc3c(c2)CCC(=O)N3)c2ccccc2)cc1. The molecule has 0 saturated carbocycles. The molecule has 1 aliphatic heterocycles. The summed E-state index contributed by atoms with van der Waals surface area (Å²) in [4.78, 5) is 24.8. The van der Waals surface area contributed by atoms with E-state index in [0.29, 0.717) is 42.1 Å². The second kappa shape index (κ2) is 10.1. The number of ether oxygens (including phenoxy) is 1. The van der Waals surface area contributed by atoms with Crippen LogP contribution in [-0.2, 0) is 26.0 Å². The normalized spacial score (nSPS) is 14.0. The molecule has 0 unspecified atom stereocenters. The van der Waals surface area contributed by atoms with Crippen LogP contribution in [0.1, 0.15) is 30.5 Å². The Morgan fingerprint density at radius 3 is 2.47 bits per heavy atom. The lowest BCUT2D eigenvalue weighted by Gasteiger charge is -2.21. The van der Waals surface area contributed by atoms with E-state index in [1.165, 1.54) is 12.1 Å². The fourth-order valence-electron chi connectivity index (χ4n) is 3.68. The summed E-state index contributed by atoms with van der Waals surface area (Å²) in [6.07, 6.45) is 0.742. The third kappa shape index (κ3) is 5.44. The zero-order valence-electron chi connectivity index (χ0n) is 18.6. The molecule has 9 heteroatoms. The summed E-state index contributed by atoms with van der Waals surface area (Å²) < 4.78 is 34.4. The molecular formula is C25H25N3O5S. The van der Waals surface area contributed by atoms with Gasteiger partial charge in [0, 0.05) is 17.8 Å². The number of carbonyl (C=O) groups excluding carboxylic acids is 2. The number of carbonyl (C=O) groups is 2. The number of aryl methyl sites for hydroxylation is 1. The number of anilines is 2. The molecule has 8 nitrogen and oxygen atoms in total. The molecule has 0 bridgehead atoms. The Balaban J connectivity index is 1.59. The molecule has 1 aliphatic rings. The molecule has 0 aromatic heterocycles. The van der Waals surface area contributed by atoms with E-state index >= 15 is 0 Å². The quantitative estimate of drug-likeness (QED) is 0.457. The lowest BCUT2D eigenvalue weighted by atomic mass is 10.0. The van der Waals surface area contributed by atoms with Gasteiger partial charge < -0.3 is 15.4 Å². The predicted octanol–water partition coefficient (Wildman–Crippen LogP) is 3.63. The maximum absolute atomic E-state index is 13.2. The fourth-order valence-corrected chi connectivity index (χ4v) is 4.92. The topological polar surface area (TPSA) is 114 Å². The van der Waals surface area contributed by atoms with Gasteiger partial charge in [0.25, 0.3) is 0 Å². The zero-order valence-corrected chi connectivity index (χ0v) is 19.4. The lowest BCUT2D eigenvalue weighted by molar-refractivity contribution is -0.118. The van der Waals surface area contributed by atoms with Gasteiger partial charge in [-0.15, -0.1) is 0 Å². The standard InChI is InChI=1S/C25H25N3O5S/c1-2-33-20-11-9-19(10-12-20)26-25(30)24(17-6-4-3-5-7-17)28-34(31,32)21-13-14-22-18(16-21)8-15-23(29)27-22/h3-7,9-14,16,24,28H,2,8,15H2,1H3,(H,26,30)(H,27,29)/t24-/m0/s1. The molecule has 3 aromatic carbocycles.